The molecule has 0 aromatic heterocycles. The first-order valence-electron chi connectivity index (χ1n) is 8.84. The number of carbonyl (C=O) groups excluding carboxylic acids is 1. The van der Waals surface area contributed by atoms with E-state index in [1.54, 1.807) is 12.1 Å². The molecule has 2 N–H and O–H groups in total. The quantitative estimate of drug-likeness (QED) is 0.555. The van der Waals surface area contributed by atoms with Crippen molar-refractivity contribution in [2.24, 2.45) is 0 Å². The van der Waals surface area contributed by atoms with Crippen molar-refractivity contribution in [3.8, 4) is 0 Å². The van der Waals surface area contributed by atoms with Crippen LogP contribution in [0.5, 0.6) is 0 Å². The molecular formula is C20H19ClN2O5S2. The standard InChI is InChI=1S/C20H19ClN2O5S2/c1-29(25,26)16-8-9-18(21)19(13-16)23-20(24)10-11-22-30(27,28)17-7-6-14-4-2-3-5-15(14)12-17/h2-9,12-13,22H,10-11H2,1H3,(H,23,24). The van der Waals surface area contributed by atoms with E-state index in [2.05, 4.69) is 10.0 Å². The predicted molar refractivity (Wildman–Crippen MR) is 117 cm³/mol. The first-order valence-corrected chi connectivity index (χ1v) is 12.6. The SMILES string of the molecule is CS(=O)(=O)c1ccc(Cl)c(NC(=O)CCNS(=O)(=O)c2ccc3ccccc3c2)c1. The molecule has 0 bridgehead atoms. The second-order valence-corrected chi connectivity index (χ2v) is 10.8. The van der Waals surface area contributed by atoms with Gasteiger partial charge in [0.2, 0.25) is 15.9 Å². The molecule has 3 aromatic carbocycles. The minimum atomic E-state index is -3.79. The average molecular weight is 467 g/mol. The molecule has 0 spiro atoms. The van der Waals surface area contributed by atoms with Gasteiger partial charge >= 0.3 is 0 Å². The van der Waals surface area contributed by atoms with Gasteiger partial charge in [-0.25, -0.2) is 21.6 Å². The van der Waals surface area contributed by atoms with E-state index in [1.807, 2.05) is 24.3 Å². The molecule has 0 aliphatic carbocycles. The Bertz CT molecular complexity index is 1320. The Balaban J connectivity index is 1.63. The molecule has 1 amide bonds. The highest BCUT2D eigenvalue weighted by Crippen LogP contribution is 2.25. The van der Waals surface area contributed by atoms with Crippen molar-refractivity contribution in [2.75, 3.05) is 18.1 Å². The lowest BCUT2D eigenvalue weighted by molar-refractivity contribution is -0.116. The molecule has 0 saturated heterocycles. The van der Waals surface area contributed by atoms with Crippen LogP contribution < -0.4 is 10.0 Å². The first-order chi connectivity index (χ1) is 14.1. The molecule has 0 aliphatic rings. The maximum atomic E-state index is 12.5. The fourth-order valence-electron chi connectivity index (χ4n) is 2.76. The van der Waals surface area contributed by atoms with Crippen molar-refractivity contribution in [3.05, 3.63) is 65.7 Å². The van der Waals surface area contributed by atoms with Crippen molar-refractivity contribution in [2.45, 2.75) is 16.2 Å². The Morgan fingerprint density at radius 2 is 1.57 bits per heavy atom. The van der Waals surface area contributed by atoms with E-state index in [0.29, 0.717) is 0 Å². The molecule has 158 valence electrons. The molecule has 7 nitrogen and oxygen atoms in total. The summed E-state index contributed by atoms with van der Waals surface area (Å²) in [5, 5.41) is 4.39. The zero-order valence-corrected chi connectivity index (χ0v) is 18.3. The van der Waals surface area contributed by atoms with Crippen LogP contribution in [-0.4, -0.2) is 35.5 Å². The number of rotatable bonds is 7. The number of hydrogen-bond acceptors (Lipinski definition) is 5. The monoisotopic (exact) mass is 466 g/mol. The van der Waals surface area contributed by atoms with Gasteiger partial charge in [0.05, 0.1) is 20.5 Å². The summed E-state index contributed by atoms with van der Waals surface area (Å²) in [6.45, 7) is -0.135. The van der Waals surface area contributed by atoms with Crippen LogP contribution in [0.2, 0.25) is 5.02 Å². The van der Waals surface area contributed by atoms with Crippen LogP contribution in [0, 0.1) is 0 Å². The van der Waals surface area contributed by atoms with Gasteiger partial charge in [-0.2, -0.15) is 0 Å². The van der Waals surface area contributed by atoms with Crippen LogP contribution in [0.4, 0.5) is 5.69 Å². The summed E-state index contributed by atoms with van der Waals surface area (Å²) >= 11 is 6.00. The van der Waals surface area contributed by atoms with Crippen LogP contribution in [0.15, 0.2) is 70.5 Å². The van der Waals surface area contributed by atoms with Gasteiger partial charge in [-0.1, -0.05) is 41.9 Å². The van der Waals surface area contributed by atoms with Gasteiger partial charge < -0.3 is 5.32 Å². The normalized spacial score (nSPS) is 12.1. The molecular weight excluding hydrogens is 448 g/mol. The second-order valence-electron chi connectivity index (χ2n) is 6.62. The van der Waals surface area contributed by atoms with Crippen molar-refractivity contribution in [1.82, 2.24) is 4.72 Å². The molecule has 0 aliphatic heterocycles. The van der Waals surface area contributed by atoms with Crippen LogP contribution in [0.3, 0.4) is 0 Å². The Morgan fingerprint density at radius 3 is 2.27 bits per heavy atom. The number of fused-ring (bicyclic) bond motifs is 1. The summed E-state index contributed by atoms with van der Waals surface area (Å²) in [5.41, 5.74) is 0.141. The zero-order valence-electron chi connectivity index (χ0n) is 15.9. The topological polar surface area (TPSA) is 109 Å². The van der Waals surface area contributed by atoms with Gasteiger partial charge in [-0.3, -0.25) is 4.79 Å². The van der Waals surface area contributed by atoms with Crippen LogP contribution in [-0.2, 0) is 24.7 Å². The van der Waals surface area contributed by atoms with Crippen molar-refractivity contribution >= 4 is 53.8 Å². The Labute approximate surface area is 180 Å². The van der Waals surface area contributed by atoms with Crippen molar-refractivity contribution in [1.29, 1.82) is 0 Å². The maximum Gasteiger partial charge on any atom is 0.240 e. The zero-order chi connectivity index (χ0) is 21.9. The van der Waals surface area contributed by atoms with Gasteiger partial charge in [0.1, 0.15) is 0 Å². The van der Waals surface area contributed by atoms with E-state index in [-0.39, 0.29) is 33.5 Å². The molecule has 3 rings (SSSR count). The van der Waals surface area contributed by atoms with E-state index >= 15 is 0 Å². The van der Waals surface area contributed by atoms with E-state index in [1.165, 1.54) is 24.3 Å². The number of halogens is 1. The van der Waals surface area contributed by atoms with Crippen LogP contribution >= 0.6 is 11.6 Å². The predicted octanol–water partition coefficient (Wildman–Crippen LogP) is 3.20. The molecule has 10 heteroatoms. The highest BCUT2D eigenvalue weighted by Gasteiger charge is 2.16. The van der Waals surface area contributed by atoms with E-state index in [9.17, 15) is 21.6 Å². The highest BCUT2D eigenvalue weighted by molar-refractivity contribution is 7.90. The lowest BCUT2D eigenvalue weighted by Crippen LogP contribution is -2.28. The molecule has 0 saturated carbocycles. The Kier molecular flexibility index (Phi) is 6.47. The van der Waals surface area contributed by atoms with Crippen LogP contribution in [0.25, 0.3) is 10.8 Å². The summed E-state index contributed by atoms with van der Waals surface area (Å²) < 4.78 is 50.7. The fourth-order valence-corrected chi connectivity index (χ4v) is 4.64. The number of sulfonamides is 1. The third kappa shape index (κ3) is 5.37. The first kappa shape index (κ1) is 22.2. The second kappa shape index (κ2) is 8.73. The van der Waals surface area contributed by atoms with Crippen molar-refractivity contribution < 1.29 is 21.6 Å². The number of anilines is 1. The van der Waals surface area contributed by atoms with Crippen LogP contribution in [0.1, 0.15) is 6.42 Å². The van der Waals surface area contributed by atoms with E-state index in [0.717, 1.165) is 17.0 Å². The molecule has 0 heterocycles. The van der Waals surface area contributed by atoms with E-state index < -0.39 is 25.8 Å². The molecule has 0 unspecified atom stereocenters. The molecule has 30 heavy (non-hydrogen) atoms. The van der Waals surface area contributed by atoms with Crippen molar-refractivity contribution in [3.63, 3.8) is 0 Å². The molecule has 3 aromatic rings. The smallest absolute Gasteiger partial charge is 0.240 e. The number of amides is 1. The minimum absolute atomic E-state index is 0.0132. The largest absolute Gasteiger partial charge is 0.325 e. The maximum absolute atomic E-state index is 12.5. The third-order valence-electron chi connectivity index (χ3n) is 4.32. The van der Waals surface area contributed by atoms with Gasteiger partial charge in [0, 0.05) is 19.2 Å². The summed E-state index contributed by atoms with van der Waals surface area (Å²) in [5.74, 6) is -0.510. The molecule has 0 atom stereocenters. The van der Waals surface area contributed by atoms with E-state index in [4.69, 9.17) is 11.6 Å². The Morgan fingerprint density at radius 1 is 0.900 bits per heavy atom. The lowest BCUT2D eigenvalue weighted by atomic mass is 10.1. The average Bonchev–Trinajstić information content (AvgIpc) is 2.68. The van der Waals surface area contributed by atoms with Gasteiger partial charge in [0.25, 0.3) is 0 Å². The number of hydrogen-bond donors (Lipinski definition) is 2. The van der Waals surface area contributed by atoms with Gasteiger partial charge in [0.15, 0.2) is 9.84 Å². The summed E-state index contributed by atoms with van der Waals surface area (Å²) in [4.78, 5) is 12.3. The van der Waals surface area contributed by atoms with Gasteiger partial charge in [-0.05, 0) is 41.1 Å². The number of carbonyl (C=O) groups is 1. The number of nitrogens with one attached hydrogen (secondary N) is 2. The number of sulfone groups is 1. The summed E-state index contributed by atoms with van der Waals surface area (Å²) in [6, 6.07) is 16.1. The Hall–Kier alpha value is -2.46. The lowest BCUT2D eigenvalue weighted by Gasteiger charge is -2.10. The highest BCUT2D eigenvalue weighted by atomic mass is 35.5. The van der Waals surface area contributed by atoms with Gasteiger partial charge in [-0.15, -0.1) is 0 Å². The molecule has 0 radical (unpaired) electrons. The molecule has 0 fully saturated rings. The minimum Gasteiger partial charge on any atom is -0.325 e. The summed E-state index contributed by atoms with van der Waals surface area (Å²) in [7, 11) is -7.25. The fraction of sp³-hybridized carbons (Fsp3) is 0.150. The summed E-state index contributed by atoms with van der Waals surface area (Å²) in [6.07, 6.45) is 0.885. The third-order valence-corrected chi connectivity index (χ3v) is 7.21. The number of benzene rings is 3.